The maximum absolute atomic E-state index is 2.67. The van der Waals surface area contributed by atoms with Gasteiger partial charge in [-0.15, -0.1) is 0 Å². The third-order valence-electron chi connectivity index (χ3n) is 10.6. The third kappa shape index (κ3) is 6.96. The van der Waals surface area contributed by atoms with Gasteiger partial charge in [0.05, 0.1) is 0 Å². The van der Waals surface area contributed by atoms with Gasteiger partial charge in [0, 0.05) is 0 Å². The normalized spacial score (nSPS) is 16.4. The fourth-order valence-electron chi connectivity index (χ4n) is 8.17. The molecule has 252 valence electrons. The van der Waals surface area contributed by atoms with E-state index in [1.54, 1.807) is 17.6 Å². The summed E-state index contributed by atoms with van der Waals surface area (Å²) in [5.41, 5.74) is 15.2. The van der Waals surface area contributed by atoms with Crippen LogP contribution in [0.3, 0.4) is 0 Å². The number of hydrogen-bond acceptors (Lipinski definition) is 0. The number of hydrogen-bond donors (Lipinski definition) is 0. The topological polar surface area (TPSA) is 0 Å². The first-order chi connectivity index (χ1) is 21.4. The molecule has 0 amide bonds. The van der Waals surface area contributed by atoms with E-state index in [9.17, 15) is 0 Å². The minimum atomic E-state index is -2.67. The molecule has 6 rings (SSSR count). The van der Waals surface area contributed by atoms with Gasteiger partial charge in [0.1, 0.15) is 0 Å². The molecule has 0 saturated carbocycles. The summed E-state index contributed by atoms with van der Waals surface area (Å²) in [4.78, 5) is 0. The largest absolute Gasteiger partial charge is 1.00 e. The van der Waals surface area contributed by atoms with E-state index in [1.165, 1.54) is 55.3 Å². The Bertz CT molecular complexity index is 1910. The van der Waals surface area contributed by atoms with E-state index in [-0.39, 0.29) is 41.1 Å². The quantitative estimate of drug-likeness (QED) is 0.224. The molecule has 4 aromatic rings. The first-order valence-electron chi connectivity index (χ1n) is 17.3. The Hall–Kier alpha value is -2.05. The van der Waals surface area contributed by atoms with Gasteiger partial charge in [-0.05, 0) is 0 Å². The smallest absolute Gasteiger partial charge is 1.00 e. The van der Waals surface area contributed by atoms with E-state index in [4.69, 9.17) is 0 Å². The van der Waals surface area contributed by atoms with Gasteiger partial charge in [-0.2, -0.15) is 0 Å². The Morgan fingerprint density at radius 3 is 1.58 bits per heavy atom. The van der Waals surface area contributed by atoms with Crippen LogP contribution in [-0.2, 0) is 32.1 Å². The molecule has 0 saturated heterocycles. The van der Waals surface area contributed by atoms with Crippen LogP contribution in [0.1, 0.15) is 119 Å². The van der Waals surface area contributed by atoms with Gasteiger partial charge in [-0.25, -0.2) is 0 Å². The molecule has 0 aliphatic heterocycles. The third-order valence-corrected chi connectivity index (χ3v) is 19.3. The molecule has 0 heterocycles. The van der Waals surface area contributed by atoms with Crippen molar-refractivity contribution in [1.29, 1.82) is 0 Å². The summed E-state index contributed by atoms with van der Waals surface area (Å²) >= 11 is -2.67. The van der Waals surface area contributed by atoms with Crippen molar-refractivity contribution in [3.63, 3.8) is 0 Å². The van der Waals surface area contributed by atoms with Gasteiger partial charge in [0.15, 0.2) is 0 Å². The van der Waals surface area contributed by atoms with E-state index >= 15 is 0 Å². The number of fused-ring (bicyclic) bond motifs is 4. The summed E-state index contributed by atoms with van der Waals surface area (Å²) in [7, 11) is 0. The van der Waals surface area contributed by atoms with Gasteiger partial charge >= 0.3 is 289 Å². The molecule has 4 aromatic carbocycles. The van der Waals surface area contributed by atoms with Crippen molar-refractivity contribution in [3.05, 3.63) is 127 Å². The number of rotatable bonds is 3. The van der Waals surface area contributed by atoms with Crippen LogP contribution in [0.5, 0.6) is 0 Å². The molecular weight excluding hydrogens is 703 g/mol. The number of allylic oxidation sites excluding steroid dienone is 4. The summed E-state index contributed by atoms with van der Waals surface area (Å²) in [5, 5.41) is 2.66. The molecule has 0 N–H and O–H groups in total. The molecule has 0 spiro atoms. The van der Waals surface area contributed by atoms with Crippen LogP contribution in [0.25, 0.3) is 21.9 Å². The molecule has 3 heteroatoms. The average Bonchev–Trinajstić information content (AvgIpc) is 3.48. The fourth-order valence-corrected chi connectivity index (χ4v) is 17.1. The monoisotopic (exact) mass is 754 g/mol. The van der Waals surface area contributed by atoms with Crippen LogP contribution in [0.15, 0.2) is 87.7 Å². The molecule has 1 unspecified atom stereocenters. The first-order valence-corrected chi connectivity index (χ1v) is 21.2. The molecule has 48 heavy (non-hydrogen) atoms. The molecule has 0 radical (unpaired) electrons. The van der Waals surface area contributed by atoms with Crippen LogP contribution < -0.4 is 24.8 Å². The molecule has 0 bridgehead atoms. The molecular formula is C45H54Cl2Zr. The second-order valence-electron chi connectivity index (χ2n) is 17.3. The van der Waals surface area contributed by atoms with Gasteiger partial charge < -0.3 is 24.8 Å². The number of halogens is 2. The summed E-state index contributed by atoms with van der Waals surface area (Å²) in [6.45, 7) is 31.0. The van der Waals surface area contributed by atoms with Crippen molar-refractivity contribution in [3.8, 4) is 11.1 Å². The number of benzene rings is 4. The van der Waals surface area contributed by atoms with Gasteiger partial charge in [0.2, 0.25) is 0 Å². The maximum Gasteiger partial charge on any atom is -1.00 e. The SMILES string of the molecule is C/[C](c1ccc2ccccc2c1)=[Zr+2](/[C]1=CC(C(C)(C)C)=CC1C)[CH]1c2cc(C)c(C(C)(C)C)cc2-c2cc(C(C)(C)C)c(C)cc21.[Cl-].[Cl-]. The van der Waals surface area contributed by atoms with Crippen LogP contribution in [0.4, 0.5) is 0 Å². The van der Waals surface area contributed by atoms with Gasteiger partial charge in [-0.3, -0.25) is 0 Å². The zero-order valence-electron chi connectivity index (χ0n) is 31.4. The van der Waals surface area contributed by atoms with E-state index in [1.807, 2.05) is 0 Å². The fraction of sp³-hybridized carbons (Fsp3) is 0.400. The molecule has 0 aromatic heterocycles. The summed E-state index contributed by atoms with van der Waals surface area (Å²) in [6, 6.07) is 26.5. The van der Waals surface area contributed by atoms with E-state index in [0.717, 1.165) is 0 Å². The second-order valence-corrected chi connectivity index (χ2v) is 24.0. The molecule has 0 fully saturated rings. The zero-order valence-corrected chi connectivity index (χ0v) is 35.4. The standard InChI is InChI=1S/C23H29.C12H10.C10H15.2ClH.Zr/c1-14-9-16-11-17-10-15(2)21(23(6,7)8)13-19(17)18(16)12-20(14)22(3,4)5;1-2-10-7-8-11-5-3-4-6-12(11)9-10;1-8-5-6-9(7-8)10(2,3)4;;;/h9-13H,1-8H3;3-9H,1H3;6-8H,1-4H3;2*1H;/q;;;;;+2/p-2. The molecule has 2 aliphatic rings. The number of aryl methyl sites for hydroxylation is 2. The van der Waals surface area contributed by atoms with Crippen LogP contribution in [0.2, 0.25) is 0 Å². The summed E-state index contributed by atoms with van der Waals surface area (Å²) in [6.07, 6.45) is 5.25. The van der Waals surface area contributed by atoms with Crippen molar-refractivity contribution in [2.45, 2.75) is 104 Å². The van der Waals surface area contributed by atoms with Crippen molar-refractivity contribution < 1.29 is 46.1 Å². The second kappa shape index (κ2) is 13.6. The van der Waals surface area contributed by atoms with Crippen molar-refractivity contribution >= 4 is 14.0 Å². The minimum absolute atomic E-state index is 0. The van der Waals surface area contributed by atoms with Gasteiger partial charge in [0.25, 0.3) is 0 Å². The zero-order chi connectivity index (χ0) is 33.5. The predicted molar refractivity (Wildman–Crippen MR) is 199 cm³/mol. The summed E-state index contributed by atoms with van der Waals surface area (Å²) < 4.78 is 3.85. The van der Waals surface area contributed by atoms with Crippen LogP contribution in [0, 0.1) is 25.2 Å². The Labute approximate surface area is 311 Å². The van der Waals surface area contributed by atoms with E-state index in [2.05, 4.69) is 169 Å². The predicted octanol–water partition coefficient (Wildman–Crippen LogP) is 6.49. The Morgan fingerprint density at radius 2 is 1.12 bits per heavy atom. The van der Waals surface area contributed by atoms with E-state index in [0.29, 0.717) is 9.54 Å². The molecule has 0 nitrogen and oxygen atoms in total. The minimum Gasteiger partial charge on any atom is -1.00 e. The van der Waals surface area contributed by atoms with Crippen molar-refractivity contribution in [2.24, 2.45) is 11.3 Å². The average molecular weight is 757 g/mol. The van der Waals surface area contributed by atoms with Crippen LogP contribution >= 0.6 is 0 Å². The molecule has 1 atom stereocenters. The van der Waals surface area contributed by atoms with Crippen LogP contribution in [-0.4, -0.2) is 3.21 Å². The Kier molecular flexibility index (Phi) is 11.0. The van der Waals surface area contributed by atoms with Crippen molar-refractivity contribution in [2.75, 3.05) is 0 Å². The maximum atomic E-state index is 2.66. The van der Waals surface area contributed by atoms with E-state index < -0.39 is 21.3 Å². The molecule has 2 aliphatic carbocycles. The Balaban J connectivity index is 0.00000260. The summed E-state index contributed by atoms with van der Waals surface area (Å²) in [5.74, 6) is 0.469. The Morgan fingerprint density at radius 1 is 0.625 bits per heavy atom. The van der Waals surface area contributed by atoms with Gasteiger partial charge in [-0.1, -0.05) is 0 Å². The first kappa shape index (κ1) is 38.8. The van der Waals surface area contributed by atoms with Crippen molar-refractivity contribution in [1.82, 2.24) is 0 Å².